The number of hydrogen-bond acceptors (Lipinski definition) is 3. The maximum absolute atomic E-state index is 12.9. The van der Waals surface area contributed by atoms with E-state index in [1.807, 2.05) is 6.20 Å². The number of H-pyrrole nitrogens is 1. The highest BCUT2D eigenvalue weighted by Gasteiger charge is 2.41. The number of anilines is 1. The summed E-state index contributed by atoms with van der Waals surface area (Å²) in [5.41, 5.74) is 2.79. The van der Waals surface area contributed by atoms with E-state index in [0.717, 1.165) is 41.8 Å². The van der Waals surface area contributed by atoms with Gasteiger partial charge in [-0.2, -0.15) is 0 Å². The van der Waals surface area contributed by atoms with Gasteiger partial charge >= 0.3 is 0 Å². The Morgan fingerprint density at radius 1 is 1.04 bits per heavy atom. The fourth-order valence-electron chi connectivity index (χ4n) is 4.27. The molecule has 0 atom stereocenters. The maximum Gasteiger partial charge on any atom is 0.259 e. The van der Waals surface area contributed by atoms with Crippen molar-refractivity contribution in [1.29, 1.82) is 0 Å². The molecule has 5 rings (SSSR count). The summed E-state index contributed by atoms with van der Waals surface area (Å²) in [5.74, 6) is 0.171. The second-order valence-corrected chi connectivity index (χ2v) is 7.17. The van der Waals surface area contributed by atoms with E-state index in [4.69, 9.17) is 0 Å². The largest absolute Gasteiger partial charge is 0.349 e. The number of nitrogens with zero attached hydrogens (tertiary/aromatic N) is 3. The van der Waals surface area contributed by atoms with Crippen LogP contribution >= 0.6 is 0 Å². The van der Waals surface area contributed by atoms with Crippen molar-refractivity contribution in [2.45, 2.75) is 57.0 Å². The molecule has 1 N–H and O–H groups in total. The monoisotopic (exact) mass is 310 g/mol. The molecule has 1 aliphatic heterocycles. The van der Waals surface area contributed by atoms with Crippen molar-refractivity contribution in [1.82, 2.24) is 14.9 Å². The van der Waals surface area contributed by atoms with Crippen LogP contribution in [0.3, 0.4) is 0 Å². The molecule has 3 aliphatic rings. The molecule has 2 aromatic rings. The summed E-state index contributed by atoms with van der Waals surface area (Å²) < 4.78 is 0. The Labute approximate surface area is 135 Å². The third kappa shape index (κ3) is 2.06. The van der Waals surface area contributed by atoms with Gasteiger partial charge < -0.3 is 14.8 Å². The molecule has 0 saturated heterocycles. The third-order valence-corrected chi connectivity index (χ3v) is 5.64. The van der Waals surface area contributed by atoms with Crippen LogP contribution < -0.4 is 4.90 Å². The summed E-state index contributed by atoms with van der Waals surface area (Å²) in [4.78, 5) is 25.2. The molecule has 120 valence electrons. The first kappa shape index (κ1) is 13.4. The summed E-state index contributed by atoms with van der Waals surface area (Å²) in [6, 6.07) is 3.07. The predicted octanol–water partition coefficient (Wildman–Crippen LogP) is 3.28. The normalized spacial score (nSPS) is 22.7. The van der Waals surface area contributed by atoms with E-state index in [1.165, 1.54) is 32.1 Å². The zero-order valence-corrected chi connectivity index (χ0v) is 13.3. The lowest BCUT2D eigenvalue weighted by Crippen LogP contribution is -2.52. The number of fused-ring (bicyclic) bond motifs is 3. The van der Waals surface area contributed by atoms with Crippen LogP contribution in [-0.4, -0.2) is 39.5 Å². The van der Waals surface area contributed by atoms with Crippen molar-refractivity contribution in [3.63, 3.8) is 0 Å². The van der Waals surface area contributed by atoms with Crippen molar-refractivity contribution in [2.24, 2.45) is 0 Å². The summed E-state index contributed by atoms with van der Waals surface area (Å²) in [6.45, 7) is 0.755. The second-order valence-electron chi connectivity index (χ2n) is 7.17. The summed E-state index contributed by atoms with van der Waals surface area (Å²) in [7, 11) is 0. The van der Waals surface area contributed by atoms with Crippen LogP contribution in [-0.2, 0) is 0 Å². The number of amides is 1. The van der Waals surface area contributed by atoms with Crippen molar-refractivity contribution < 1.29 is 4.79 Å². The number of carbonyl (C=O) groups excluding carboxylic acids is 1. The Balaban J connectivity index is 1.65. The summed E-state index contributed by atoms with van der Waals surface area (Å²) >= 11 is 0. The van der Waals surface area contributed by atoms with E-state index in [9.17, 15) is 4.79 Å². The molecule has 0 unspecified atom stereocenters. The van der Waals surface area contributed by atoms with Crippen molar-refractivity contribution in [3.05, 3.63) is 24.0 Å². The minimum atomic E-state index is 0.171. The van der Waals surface area contributed by atoms with Gasteiger partial charge in [0.25, 0.3) is 5.91 Å². The van der Waals surface area contributed by atoms with Gasteiger partial charge in [0.05, 0.1) is 17.9 Å². The molecule has 2 saturated carbocycles. The molecule has 3 heterocycles. The van der Waals surface area contributed by atoms with Gasteiger partial charge in [-0.1, -0.05) is 19.3 Å². The molecule has 0 spiro atoms. The first-order valence-electron chi connectivity index (χ1n) is 8.86. The molecular formula is C18H22N4O. The van der Waals surface area contributed by atoms with E-state index >= 15 is 0 Å². The molecule has 1 amide bonds. The Kier molecular flexibility index (Phi) is 2.90. The highest BCUT2D eigenvalue weighted by Crippen LogP contribution is 2.40. The predicted molar refractivity (Wildman–Crippen MR) is 89.5 cm³/mol. The number of nitrogens with one attached hydrogen (secondary N) is 1. The van der Waals surface area contributed by atoms with Crippen LogP contribution in [0.1, 0.15) is 55.3 Å². The molecule has 0 aromatic carbocycles. The van der Waals surface area contributed by atoms with Crippen LogP contribution in [0.15, 0.2) is 18.5 Å². The number of hydrogen-bond donors (Lipinski definition) is 1. The topological polar surface area (TPSA) is 52.2 Å². The highest BCUT2D eigenvalue weighted by molar-refractivity contribution is 6.08. The number of pyridine rings is 1. The van der Waals surface area contributed by atoms with Crippen LogP contribution in [0, 0.1) is 0 Å². The summed E-state index contributed by atoms with van der Waals surface area (Å²) in [6.07, 6.45) is 12.4. The van der Waals surface area contributed by atoms with E-state index < -0.39 is 0 Å². The van der Waals surface area contributed by atoms with Gasteiger partial charge in [0, 0.05) is 29.9 Å². The molecule has 2 aliphatic carbocycles. The molecule has 0 bridgehead atoms. The number of aromatic amines is 1. The maximum atomic E-state index is 12.9. The van der Waals surface area contributed by atoms with Gasteiger partial charge in [-0.15, -0.1) is 0 Å². The van der Waals surface area contributed by atoms with Crippen molar-refractivity contribution >= 4 is 22.6 Å². The fraction of sp³-hybridized carbons (Fsp3) is 0.556. The van der Waals surface area contributed by atoms with Gasteiger partial charge in [0.15, 0.2) is 0 Å². The van der Waals surface area contributed by atoms with Crippen molar-refractivity contribution in [3.8, 4) is 0 Å². The third-order valence-electron chi connectivity index (χ3n) is 5.64. The van der Waals surface area contributed by atoms with Crippen LogP contribution in [0.5, 0.6) is 0 Å². The minimum Gasteiger partial charge on any atom is -0.349 e. The molecule has 23 heavy (non-hydrogen) atoms. The smallest absolute Gasteiger partial charge is 0.259 e. The fourth-order valence-corrected chi connectivity index (χ4v) is 4.27. The Morgan fingerprint density at radius 3 is 2.61 bits per heavy atom. The average Bonchev–Trinajstić information content (AvgIpc) is 3.32. The van der Waals surface area contributed by atoms with E-state index in [1.54, 1.807) is 6.20 Å². The highest BCUT2D eigenvalue weighted by atomic mass is 16.2. The second kappa shape index (κ2) is 4.98. The lowest BCUT2D eigenvalue weighted by atomic mass is 9.92. The van der Waals surface area contributed by atoms with Crippen molar-refractivity contribution in [2.75, 3.05) is 11.6 Å². The number of rotatable bonds is 2. The van der Waals surface area contributed by atoms with Crippen LogP contribution in [0.25, 0.3) is 11.0 Å². The SMILES string of the molecule is O=C1c2cnc3[nH]ccc3c2N(C2CCCCC2)CN1C1CC1. The van der Waals surface area contributed by atoms with Gasteiger partial charge in [0.2, 0.25) is 0 Å². The van der Waals surface area contributed by atoms with Crippen LogP contribution in [0.2, 0.25) is 0 Å². The quantitative estimate of drug-likeness (QED) is 0.926. The molecule has 0 radical (unpaired) electrons. The standard InChI is InChI=1S/C18H22N4O/c23-18-15-10-20-17-14(8-9-19-17)16(15)21(11-22(18)13-6-7-13)12-4-2-1-3-5-12/h8-10,12-13H,1-7,11H2,(H,19,20). The van der Waals surface area contributed by atoms with Crippen LogP contribution in [0.4, 0.5) is 5.69 Å². The lowest BCUT2D eigenvalue weighted by Gasteiger charge is -2.44. The number of carbonyl (C=O) groups is 1. The van der Waals surface area contributed by atoms with E-state index in [2.05, 4.69) is 25.8 Å². The van der Waals surface area contributed by atoms with E-state index in [-0.39, 0.29) is 5.91 Å². The molecule has 5 heteroatoms. The number of aromatic nitrogens is 2. The van der Waals surface area contributed by atoms with Gasteiger partial charge in [-0.3, -0.25) is 4.79 Å². The Hall–Kier alpha value is -2.04. The first-order chi connectivity index (χ1) is 11.3. The Morgan fingerprint density at radius 2 is 1.83 bits per heavy atom. The molecule has 2 aromatic heterocycles. The first-order valence-corrected chi connectivity index (χ1v) is 8.86. The molecular weight excluding hydrogens is 288 g/mol. The Bertz CT molecular complexity index is 757. The average molecular weight is 310 g/mol. The minimum absolute atomic E-state index is 0.171. The van der Waals surface area contributed by atoms with Gasteiger partial charge in [0.1, 0.15) is 5.65 Å². The van der Waals surface area contributed by atoms with Gasteiger partial charge in [-0.25, -0.2) is 4.98 Å². The summed E-state index contributed by atoms with van der Waals surface area (Å²) in [5, 5.41) is 1.09. The van der Waals surface area contributed by atoms with Gasteiger partial charge in [-0.05, 0) is 31.7 Å². The zero-order valence-electron chi connectivity index (χ0n) is 13.3. The lowest BCUT2D eigenvalue weighted by molar-refractivity contribution is 0.0720. The molecule has 2 fully saturated rings. The molecule has 5 nitrogen and oxygen atoms in total. The zero-order chi connectivity index (χ0) is 15.4. The van der Waals surface area contributed by atoms with E-state index in [0.29, 0.717) is 12.1 Å².